The van der Waals surface area contributed by atoms with Gasteiger partial charge >= 0.3 is 5.97 Å². The molecule has 0 aliphatic carbocycles. The molecular weight excluding hydrogens is 398 g/mol. The van der Waals surface area contributed by atoms with Gasteiger partial charge in [-0.05, 0) is 35.9 Å². The summed E-state index contributed by atoms with van der Waals surface area (Å²) in [5.74, 6) is -0.844. The highest BCUT2D eigenvalue weighted by Crippen LogP contribution is 2.29. The number of rotatable bonds is 7. The third-order valence-corrected chi connectivity index (χ3v) is 4.44. The molecule has 0 saturated heterocycles. The van der Waals surface area contributed by atoms with Gasteiger partial charge in [-0.1, -0.05) is 36.9 Å². The Hall–Kier alpha value is -4.53. The lowest BCUT2D eigenvalue weighted by Gasteiger charge is -2.15. The Balaban J connectivity index is 1.65. The van der Waals surface area contributed by atoms with Gasteiger partial charge in [0.2, 0.25) is 11.8 Å². The molecule has 2 aromatic carbocycles. The first-order valence-electron chi connectivity index (χ1n) is 9.25. The van der Waals surface area contributed by atoms with Crippen molar-refractivity contribution in [3.63, 3.8) is 0 Å². The van der Waals surface area contributed by atoms with Gasteiger partial charge in [0.15, 0.2) is 17.4 Å². The average Bonchev–Trinajstić information content (AvgIpc) is 3.23. The SMILES string of the molecule is C=CC(=O)Nc1ccc(-c2nc3c(N[C@H](C(=O)O)c4ccccc4)ncnc3o2)cc1. The van der Waals surface area contributed by atoms with E-state index in [2.05, 4.69) is 32.2 Å². The predicted octanol–water partition coefficient (Wildman–Crippen LogP) is 3.65. The number of carbonyl (C=O) groups is 2. The van der Waals surface area contributed by atoms with Gasteiger partial charge in [0.25, 0.3) is 5.71 Å². The number of aromatic nitrogens is 3. The second kappa shape index (κ2) is 8.46. The third-order valence-electron chi connectivity index (χ3n) is 4.44. The highest BCUT2D eigenvalue weighted by atomic mass is 16.4. The summed E-state index contributed by atoms with van der Waals surface area (Å²) < 4.78 is 5.73. The number of benzene rings is 2. The quantitative estimate of drug-likeness (QED) is 0.390. The van der Waals surface area contributed by atoms with Crippen LogP contribution in [0.5, 0.6) is 0 Å². The van der Waals surface area contributed by atoms with Crippen LogP contribution in [-0.4, -0.2) is 31.9 Å². The van der Waals surface area contributed by atoms with Crippen LogP contribution < -0.4 is 10.6 Å². The molecule has 154 valence electrons. The summed E-state index contributed by atoms with van der Waals surface area (Å²) in [5, 5.41) is 15.2. The molecule has 1 amide bonds. The van der Waals surface area contributed by atoms with Gasteiger partial charge in [-0.25, -0.2) is 14.8 Å². The van der Waals surface area contributed by atoms with E-state index in [0.717, 1.165) is 0 Å². The van der Waals surface area contributed by atoms with Crippen molar-refractivity contribution < 1.29 is 19.1 Å². The van der Waals surface area contributed by atoms with Gasteiger partial charge in [-0.3, -0.25) is 4.79 Å². The molecule has 31 heavy (non-hydrogen) atoms. The fourth-order valence-corrected chi connectivity index (χ4v) is 2.94. The second-order valence-electron chi connectivity index (χ2n) is 6.49. The lowest BCUT2D eigenvalue weighted by molar-refractivity contribution is -0.138. The van der Waals surface area contributed by atoms with Gasteiger partial charge in [-0.2, -0.15) is 4.98 Å². The molecular formula is C22H17N5O4. The average molecular weight is 415 g/mol. The van der Waals surface area contributed by atoms with Crippen LogP contribution in [0.4, 0.5) is 11.5 Å². The summed E-state index contributed by atoms with van der Waals surface area (Å²) >= 11 is 0. The van der Waals surface area contributed by atoms with Crippen molar-refractivity contribution in [1.82, 2.24) is 15.0 Å². The summed E-state index contributed by atoms with van der Waals surface area (Å²) in [5.41, 5.74) is 2.34. The molecule has 4 rings (SSSR count). The maximum atomic E-state index is 11.8. The van der Waals surface area contributed by atoms with Crippen molar-refractivity contribution in [1.29, 1.82) is 0 Å². The molecule has 0 spiro atoms. The first-order valence-corrected chi connectivity index (χ1v) is 9.25. The Morgan fingerprint density at radius 2 is 1.81 bits per heavy atom. The second-order valence-corrected chi connectivity index (χ2v) is 6.49. The minimum atomic E-state index is -1.06. The number of carbonyl (C=O) groups excluding carboxylic acids is 1. The Morgan fingerprint density at radius 3 is 2.48 bits per heavy atom. The predicted molar refractivity (Wildman–Crippen MR) is 114 cm³/mol. The zero-order chi connectivity index (χ0) is 21.8. The zero-order valence-corrected chi connectivity index (χ0v) is 16.1. The van der Waals surface area contributed by atoms with Crippen LogP contribution in [0.15, 0.2) is 78.0 Å². The van der Waals surface area contributed by atoms with Crippen molar-refractivity contribution in [2.75, 3.05) is 10.6 Å². The van der Waals surface area contributed by atoms with Crippen molar-refractivity contribution in [2.45, 2.75) is 6.04 Å². The Labute approximate surface area is 176 Å². The first kappa shape index (κ1) is 19.8. The van der Waals surface area contributed by atoms with Crippen LogP contribution in [0.2, 0.25) is 0 Å². The molecule has 2 heterocycles. The number of oxazole rings is 1. The van der Waals surface area contributed by atoms with E-state index in [-0.39, 0.29) is 23.3 Å². The fraction of sp³-hybridized carbons (Fsp3) is 0.0455. The van der Waals surface area contributed by atoms with Crippen molar-refractivity contribution in [3.8, 4) is 11.5 Å². The topological polar surface area (TPSA) is 130 Å². The van der Waals surface area contributed by atoms with Gasteiger partial charge in [-0.15, -0.1) is 0 Å². The molecule has 0 unspecified atom stereocenters. The maximum absolute atomic E-state index is 11.8. The monoisotopic (exact) mass is 415 g/mol. The minimum Gasteiger partial charge on any atom is -0.479 e. The number of hydrogen-bond acceptors (Lipinski definition) is 7. The first-order chi connectivity index (χ1) is 15.0. The van der Waals surface area contributed by atoms with E-state index in [1.165, 1.54) is 12.4 Å². The van der Waals surface area contributed by atoms with Crippen LogP contribution in [-0.2, 0) is 9.59 Å². The van der Waals surface area contributed by atoms with E-state index >= 15 is 0 Å². The molecule has 0 aliphatic rings. The van der Waals surface area contributed by atoms with Crippen molar-refractivity contribution in [2.24, 2.45) is 0 Å². The highest BCUT2D eigenvalue weighted by molar-refractivity contribution is 5.99. The van der Waals surface area contributed by atoms with E-state index in [9.17, 15) is 14.7 Å². The lowest BCUT2D eigenvalue weighted by Crippen LogP contribution is -2.21. The number of fused-ring (bicyclic) bond motifs is 1. The molecule has 0 bridgehead atoms. The van der Waals surface area contributed by atoms with Crippen LogP contribution in [0, 0.1) is 0 Å². The molecule has 4 aromatic rings. The number of carboxylic acid groups (broad SMARTS) is 1. The number of hydrogen-bond donors (Lipinski definition) is 3. The third kappa shape index (κ3) is 4.25. The summed E-state index contributed by atoms with van der Waals surface area (Å²) in [4.78, 5) is 35.9. The van der Waals surface area contributed by atoms with Crippen LogP contribution in [0.1, 0.15) is 11.6 Å². The number of amides is 1. The Kier molecular flexibility index (Phi) is 5.39. The normalized spacial score (nSPS) is 11.6. The number of aliphatic carboxylic acids is 1. The van der Waals surface area contributed by atoms with Crippen LogP contribution in [0.3, 0.4) is 0 Å². The molecule has 9 nitrogen and oxygen atoms in total. The van der Waals surface area contributed by atoms with E-state index in [1.807, 2.05) is 6.07 Å². The van der Waals surface area contributed by atoms with Crippen LogP contribution in [0.25, 0.3) is 22.7 Å². The van der Waals surface area contributed by atoms with E-state index in [0.29, 0.717) is 22.3 Å². The number of nitrogens with one attached hydrogen (secondary N) is 2. The summed E-state index contributed by atoms with van der Waals surface area (Å²) in [7, 11) is 0. The van der Waals surface area contributed by atoms with Gasteiger partial charge in [0.05, 0.1) is 0 Å². The molecule has 0 aliphatic heterocycles. The summed E-state index contributed by atoms with van der Waals surface area (Å²) in [6.07, 6.45) is 2.46. The molecule has 0 saturated carbocycles. The number of carboxylic acids is 1. The maximum Gasteiger partial charge on any atom is 0.330 e. The molecule has 2 aromatic heterocycles. The van der Waals surface area contributed by atoms with Gasteiger partial charge < -0.3 is 20.2 Å². The van der Waals surface area contributed by atoms with Gasteiger partial charge in [0, 0.05) is 11.3 Å². The Morgan fingerprint density at radius 1 is 1.06 bits per heavy atom. The lowest BCUT2D eigenvalue weighted by atomic mass is 10.1. The van der Waals surface area contributed by atoms with Gasteiger partial charge in [0.1, 0.15) is 6.33 Å². The van der Waals surface area contributed by atoms with E-state index in [4.69, 9.17) is 4.42 Å². The summed E-state index contributed by atoms with van der Waals surface area (Å²) in [6.45, 7) is 3.41. The van der Waals surface area contributed by atoms with Crippen molar-refractivity contribution in [3.05, 3.63) is 79.1 Å². The largest absolute Gasteiger partial charge is 0.479 e. The highest BCUT2D eigenvalue weighted by Gasteiger charge is 2.23. The van der Waals surface area contributed by atoms with Crippen molar-refractivity contribution >= 4 is 34.6 Å². The van der Waals surface area contributed by atoms with E-state index in [1.54, 1.807) is 48.5 Å². The van der Waals surface area contributed by atoms with Crippen LogP contribution >= 0.6 is 0 Å². The summed E-state index contributed by atoms with van der Waals surface area (Å²) in [6, 6.07) is 14.6. The number of nitrogens with zero attached hydrogens (tertiary/aromatic N) is 3. The standard InChI is InChI=1S/C22H17N5O4/c1-2-16(28)25-15-10-8-14(9-11-15)20-27-18-19(23-12-24-21(18)31-20)26-17(22(29)30)13-6-4-3-5-7-13/h2-12,17H,1H2,(H,25,28)(H,29,30)(H,23,24,26)/t17-/m0/s1. The van der Waals surface area contributed by atoms with E-state index < -0.39 is 12.0 Å². The minimum absolute atomic E-state index is 0.216. The molecule has 3 N–H and O–H groups in total. The molecule has 0 fully saturated rings. The molecule has 0 radical (unpaired) electrons. The fourth-order valence-electron chi connectivity index (χ4n) is 2.94. The molecule has 9 heteroatoms. The Bertz CT molecular complexity index is 1250. The molecule has 1 atom stereocenters. The zero-order valence-electron chi connectivity index (χ0n) is 16.1. The number of anilines is 2. The smallest absolute Gasteiger partial charge is 0.330 e.